The van der Waals surface area contributed by atoms with Gasteiger partial charge in [-0.3, -0.25) is 0 Å². The minimum absolute atomic E-state index is 0.0263. The van der Waals surface area contributed by atoms with Gasteiger partial charge in [-0.1, -0.05) is 13.8 Å². The van der Waals surface area contributed by atoms with Crippen LogP contribution in [0, 0.1) is 5.92 Å². The number of nitrogens with zero attached hydrogens (tertiary/aromatic N) is 3. The van der Waals surface area contributed by atoms with Crippen LogP contribution in [0.25, 0.3) is 0 Å². The van der Waals surface area contributed by atoms with Gasteiger partial charge in [0.25, 0.3) is 0 Å². The Morgan fingerprint density at radius 2 is 2.06 bits per heavy atom. The van der Waals surface area contributed by atoms with Crippen molar-refractivity contribution in [2.75, 3.05) is 5.75 Å². The van der Waals surface area contributed by atoms with Crippen LogP contribution in [-0.2, 0) is 22.1 Å². The summed E-state index contributed by atoms with van der Waals surface area (Å²) in [5.74, 6) is 0.758. The third-order valence-corrected chi connectivity index (χ3v) is 3.83. The van der Waals surface area contributed by atoms with Crippen molar-refractivity contribution in [3.05, 3.63) is 12.2 Å². The molecule has 1 unspecified atom stereocenters. The fourth-order valence-corrected chi connectivity index (χ4v) is 3.09. The predicted molar refractivity (Wildman–Crippen MR) is 66.0 cm³/mol. The summed E-state index contributed by atoms with van der Waals surface area (Å²) < 4.78 is 25.2. The van der Waals surface area contributed by atoms with Crippen LogP contribution in [0.3, 0.4) is 0 Å². The summed E-state index contributed by atoms with van der Waals surface area (Å²) >= 11 is 0. The van der Waals surface area contributed by atoms with Crippen molar-refractivity contribution in [3.63, 3.8) is 0 Å². The van der Waals surface area contributed by atoms with Crippen molar-refractivity contribution >= 4 is 9.84 Å². The van der Waals surface area contributed by atoms with E-state index in [1.807, 2.05) is 13.8 Å². The van der Waals surface area contributed by atoms with E-state index in [0.29, 0.717) is 18.3 Å². The molecule has 0 aliphatic rings. The summed E-state index contributed by atoms with van der Waals surface area (Å²) in [7, 11) is -3.21. The van der Waals surface area contributed by atoms with Crippen LogP contribution in [0.1, 0.15) is 26.6 Å². The topological polar surface area (TPSA) is 90.9 Å². The van der Waals surface area contributed by atoms with Gasteiger partial charge in [0, 0.05) is 12.6 Å². The average Bonchev–Trinajstić information content (AvgIpc) is 2.48. The molecule has 0 aromatic carbocycles. The van der Waals surface area contributed by atoms with Gasteiger partial charge >= 0.3 is 0 Å². The molecule has 0 saturated heterocycles. The first-order valence-corrected chi connectivity index (χ1v) is 7.45. The summed E-state index contributed by atoms with van der Waals surface area (Å²) in [6.07, 6.45) is 1.39. The Hall–Kier alpha value is -0.950. The number of hydrogen-bond acceptors (Lipinski definition) is 5. The highest BCUT2D eigenvalue weighted by Crippen LogP contribution is 2.07. The van der Waals surface area contributed by atoms with E-state index in [9.17, 15) is 8.42 Å². The maximum atomic E-state index is 11.8. The molecule has 1 aromatic rings. The second-order valence-corrected chi connectivity index (χ2v) is 6.89. The Kier molecular flexibility index (Phi) is 4.64. The van der Waals surface area contributed by atoms with Crippen LogP contribution in [0.5, 0.6) is 0 Å². The fraction of sp³-hybridized carbons (Fsp3) is 0.800. The molecule has 17 heavy (non-hydrogen) atoms. The Balaban J connectivity index is 2.78. The molecule has 1 rings (SSSR count). The Morgan fingerprint density at radius 1 is 1.41 bits per heavy atom. The van der Waals surface area contributed by atoms with Crippen LogP contribution >= 0.6 is 0 Å². The van der Waals surface area contributed by atoms with Crippen molar-refractivity contribution in [2.45, 2.75) is 39.1 Å². The highest BCUT2D eigenvalue weighted by atomic mass is 32.2. The van der Waals surface area contributed by atoms with Gasteiger partial charge < -0.3 is 5.73 Å². The molecule has 98 valence electrons. The Morgan fingerprint density at radius 3 is 2.59 bits per heavy atom. The van der Waals surface area contributed by atoms with E-state index < -0.39 is 9.84 Å². The molecule has 1 aromatic heterocycles. The monoisotopic (exact) mass is 260 g/mol. The lowest BCUT2D eigenvalue weighted by molar-refractivity contribution is 0.469. The summed E-state index contributed by atoms with van der Waals surface area (Å²) in [6, 6.07) is -0.360. The predicted octanol–water partition coefficient (Wildman–Crippen LogP) is 0.196. The van der Waals surface area contributed by atoms with Crippen molar-refractivity contribution in [1.29, 1.82) is 0 Å². The van der Waals surface area contributed by atoms with Crippen molar-refractivity contribution < 1.29 is 8.42 Å². The lowest BCUT2D eigenvalue weighted by Gasteiger charge is -2.10. The van der Waals surface area contributed by atoms with E-state index in [4.69, 9.17) is 5.73 Å². The highest BCUT2D eigenvalue weighted by molar-refractivity contribution is 7.90. The van der Waals surface area contributed by atoms with Gasteiger partial charge in [0.1, 0.15) is 17.9 Å². The Bertz CT molecular complexity index is 451. The zero-order valence-electron chi connectivity index (χ0n) is 10.5. The molecule has 0 aliphatic heterocycles. The van der Waals surface area contributed by atoms with E-state index >= 15 is 0 Å². The quantitative estimate of drug-likeness (QED) is 0.788. The smallest absolute Gasteiger partial charge is 0.159 e. The third-order valence-electron chi connectivity index (χ3n) is 2.10. The van der Waals surface area contributed by atoms with Crippen molar-refractivity contribution in [2.24, 2.45) is 11.7 Å². The minimum atomic E-state index is -3.21. The van der Waals surface area contributed by atoms with Crippen LogP contribution < -0.4 is 5.73 Å². The van der Waals surface area contributed by atoms with E-state index in [2.05, 4.69) is 10.1 Å². The first-order valence-electron chi connectivity index (χ1n) is 5.63. The lowest BCUT2D eigenvalue weighted by Crippen LogP contribution is -2.28. The molecular formula is C10H20N4O2S. The first-order chi connectivity index (χ1) is 7.80. The molecule has 0 amide bonds. The van der Waals surface area contributed by atoms with Gasteiger partial charge in [-0.2, -0.15) is 5.10 Å². The van der Waals surface area contributed by atoms with Gasteiger partial charge in [0.2, 0.25) is 0 Å². The summed E-state index contributed by atoms with van der Waals surface area (Å²) in [5.41, 5.74) is 5.50. The van der Waals surface area contributed by atoms with E-state index in [0.717, 1.165) is 0 Å². The van der Waals surface area contributed by atoms with Crippen molar-refractivity contribution in [1.82, 2.24) is 14.8 Å². The second kappa shape index (κ2) is 5.59. The maximum Gasteiger partial charge on any atom is 0.159 e. The van der Waals surface area contributed by atoms with E-state index in [1.165, 1.54) is 6.33 Å². The summed E-state index contributed by atoms with van der Waals surface area (Å²) in [5, 5.41) is 4.03. The molecule has 0 radical (unpaired) electrons. The zero-order valence-corrected chi connectivity index (χ0v) is 11.3. The lowest BCUT2D eigenvalue weighted by atomic mass is 10.2. The van der Waals surface area contributed by atoms with E-state index in [1.54, 1.807) is 11.6 Å². The van der Waals surface area contributed by atoms with Crippen molar-refractivity contribution in [3.8, 4) is 0 Å². The molecule has 6 nitrogen and oxygen atoms in total. The Labute approximate surface area is 102 Å². The first kappa shape index (κ1) is 14.1. The number of rotatable bonds is 6. The molecule has 1 atom stereocenters. The molecular weight excluding hydrogens is 240 g/mol. The second-order valence-electron chi connectivity index (χ2n) is 4.78. The molecule has 0 aliphatic carbocycles. The minimum Gasteiger partial charge on any atom is -0.327 e. The fourth-order valence-electron chi connectivity index (χ4n) is 1.55. The number of nitrogens with two attached hydrogens (primary N) is 1. The number of sulfone groups is 1. The molecule has 0 saturated carbocycles. The molecule has 7 heteroatoms. The van der Waals surface area contributed by atoms with E-state index in [-0.39, 0.29) is 17.5 Å². The maximum absolute atomic E-state index is 11.8. The van der Waals surface area contributed by atoms with Gasteiger partial charge in [0.05, 0.1) is 5.75 Å². The van der Waals surface area contributed by atoms with Crippen LogP contribution in [0.4, 0.5) is 0 Å². The number of hydrogen-bond donors (Lipinski definition) is 1. The average molecular weight is 260 g/mol. The van der Waals surface area contributed by atoms with Crippen LogP contribution in [0.2, 0.25) is 0 Å². The van der Waals surface area contributed by atoms with Gasteiger partial charge in [0.15, 0.2) is 9.84 Å². The standard InChI is InChI=1S/C10H20N4O2S/c1-8(2)4-14-10(12-7-13-14)6-17(15,16)5-9(3)11/h7-9H,4-6,11H2,1-3H3. The normalized spacial score (nSPS) is 14.2. The molecule has 1 heterocycles. The molecule has 0 bridgehead atoms. The third kappa shape index (κ3) is 4.82. The largest absolute Gasteiger partial charge is 0.327 e. The number of aromatic nitrogens is 3. The van der Waals surface area contributed by atoms with Gasteiger partial charge in [-0.05, 0) is 12.8 Å². The van der Waals surface area contributed by atoms with Gasteiger partial charge in [-0.25, -0.2) is 18.1 Å². The summed E-state index contributed by atoms with van der Waals surface area (Å²) in [6.45, 7) is 6.43. The van der Waals surface area contributed by atoms with Crippen LogP contribution in [0.15, 0.2) is 6.33 Å². The van der Waals surface area contributed by atoms with Gasteiger partial charge in [-0.15, -0.1) is 0 Å². The molecule has 0 spiro atoms. The highest BCUT2D eigenvalue weighted by Gasteiger charge is 2.18. The molecule has 0 fully saturated rings. The zero-order chi connectivity index (χ0) is 13.1. The van der Waals surface area contributed by atoms with Crippen LogP contribution in [-0.4, -0.2) is 35.0 Å². The molecule has 2 N–H and O–H groups in total. The SMILES string of the molecule is CC(C)Cn1ncnc1CS(=O)(=O)CC(C)N. The summed E-state index contributed by atoms with van der Waals surface area (Å²) in [4.78, 5) is 3.99.